The number of halogens is 1. The van der Waals surface area contributed by atoms with E-state index in [0.717, 1.165) is 0 Å². The van der Waals surface area contributed by atoms with Gasteiger partial charge < -0.3 is 24.4 Å². The van der Waals surface area contributed by atoms with Gasteiger partial charge in [0.25, 0.3) is 0 Å². The first-order chi connectivity index (χ1) is 12.9. The normalized spacial score (nSPS) is 13.5. The fourth-order valence-electron chi connectivity index (χ4n) is 2.27. The number of imidazole rings is 1. The quantitative estimate of drug-likeness (QED) is 0.318. The van der Waals surface area contributed by atoms with Gasteiger partial charge in [-0.25, -0.2) is 9.55 Å². The first-order valence-electron chi connectivity index (χ1n) is 8.34. The van der Waals surface area contributed by atoms with Crippen LogP contribution in [0.3, 0.4) is 0 Å². The summed E-state index contributed by atoms with van der Waals surface area (Å²) in [7, 11) is -3.01. The summed E-state index contributed by atoms with van der Waals surface area (Å²) in [5.41, 5.74) is 0.194. The first-order valence-corrected chi connectivity index (χ1v) is 10.2. The van der Waals surface area contributed by atoms with E-state index in [0.29, 0.717) is 17.0 Å². The number of fused-ring (bicyclic) bond motifs is 1. The highest BCUT2D eigenvalue weighted by Gasteiger charge is 2.26. The van der Waals surface area contributed by atoms with Crippen LogP contribution in [0.5, 0.6) is 0 Å². The molecule has 13 heteroatoms. The number of carbonyl (C=O) groups excluding carboxylic acids is 1. The Labute approximate surface area is 166 Å². The average Bonchev–Trinajstić information content (AvgIpc) is 2.97. The second-order valence-electron chi connectivity index (χ2n) is 7.16. The summed E-state index contributed by atoms with van der Waals surface area (Å²) < 4.78 is 22.6. The lowest BCUT2D eigenvalue weighted by atomic mass is 9.97. The van der Waals surface area contributed by atoms with E-state index in [4.69, 9.17) is 26.1 Å². The molecule has 0 saturated heterocycles. The zero-order valence-corrected chi connectivity index (χ0v) is 17.6. The molecular formula is C15H23ClN5O6P. The van der Waals surface area contributed by atoms with Crippen molar-refractivity contribution in [1.29, 1.82) is 0 Å². The van der Waals surface area contributed by atoms with Crippen LogP contribution in [0.15, 0.2) is 6.33 Å². The molecule has 0 aliphatic heterocycles. The molecule has 0 radical (unpaired) electrons. The molecule has 0 saturated carbocycles. The Morgan fingerprint density at radius 1 is 1.36 bits per heavy atom. The standard InChI is InChI=1S/C15H23ClN5O6P/c1-15(2,3)13(22)26-6-9(7-27-28(23,24)25)5-21-8-18-10-11(17-4)19-14(16)20-12(10)21/h8-9H,5-7H2,1-4H3,(H,17,19,20)(H2,23,24,25). The summed E-state index contributed by atoms with van der Waals surface area (Å²) >= 11 is 5.94. The third kappa shape index (κ3) is 6.11. The van der Waals surface area contributed by atoms with Gasteiger partial charge in [-0.1, -0.05) is 0 Å². The van der Waals surface area contributed by atoms with Crippen molar-refractivity contribution in [3.8, 4) is 0 Å². The topological polar surface area (TPSA) is 149 Å². The summed E-state index contributed by atoms with van der Waals surface area (Å²) in [6, 6.07) is 0. The Bertz CT molecular complexity index is 893. The Kier molecular flexibility index (Phi) is 7.00. The molecule has 0 aliphatic carbocycles. The van der Waals surface area contributed by atoms with Crippen LogP contribution in [-0.4, -0.2) is 55.5 Å². The highest BCUT2D eigenvalue weighted by molar-refractivity contribution is 7.46. The third-order valence-electron chi connectivity index (χ3n) is 3.67. The molecule has 1 atom stereocenters. The van der Waals surface area contributed by atoms with Crippen LogP contribution >= 0.6 is 19.4 Å². The molecule has 0 bridgehead atoms. The van der Waals surface area contributed by atoms with Crippen molar-refractivity contribution in [3.63, 3.8) is 0 Å². The van der Waals surface area contributed by atoms with Gasteiger partial charge in [0, 0.05) is 19.5 Å². The molecule has 3 N–H and O–H groups in total. The van der Waals surface area contributed by atoms with E-state index in [1.54, 1.807) is 32.4 Å². The lowest BCUT2D eigenvalue weighted by Gasteiger charge is -2.21. The Hall–Kier alpha value is -1.78. The zero-order chi connectivity index (χ0) is 21.1. The highest BCUT2D eigenvalue weighted by atomic mass is 35.5. The van der Waals surface area contributed by atoms with E-state index in [2.05, 4.69) is 24.8 Å². The van der Waals surface area contributed by atoms with Gasteiger partial charge in [0.1, 0.15) is 0 Å². The zero-order valence-electron chi connectivity index (χ0n) is 15.9. The van der Waals surface area contributed by atoms with Gasteiger partial charge in [-0.15, -0.1) is 0 Å². The monoisotopic (exact) mass is 435 g/mol. The van der Waals surface area contributed by atoms with Crippen molar-refractivity contribution < 1.29 is 28.4 Å². The van der Waals surface area contributed by atoms with Crippen molar-refractivity contribution in [2.24, 2.45) is 11.3 Å². The molecule has 2 aromatic rings. The number of ether oxygens (including phenoxy) is 1. The highest BCUT2D eigenvalue weighted by Crippen LogP contribution is 2.36. The van der Waals surface area contributed by atoms with Crippen LogP contribution in [0.4, 0.5) is 5.82 Å². The summed E-state index contributed by atoms with van der Waals surface area (Å²) in [6.45, 7) is 4.85. The van der Waals surface area contributed by atoms with Gasteiger partial charge in [0.05, 0.1) is 25.0 Å². The predicted molar refractivity (Wildman–Crippen MR) is 102 cm³/mol. The number of nitrogens with zero attached hydrogens (tertiary/aromatic N) is 4. The molecule has 11 nitrogen and oxygen atoms in total. The Balaban J connectivity index is 2.23. The molecule has 1 unspecified atom stereocenters. The first kappa shape index (κ1) is 22.5. The molecule has 156 valence electrons. The van der Waals surface area contributed by atoms with E-state index in [1.165, 1.54) is 6.33 Å². The van der Waals surface area contributed by atoms with Crippen LogP contribution in [0.1, 0.15) is 20.8 Å². The van der Waals surface area contributed by atoms with Gasteiger partial charge in [-0.05, 0) is 32.4 Å². The number of aromatic nitrogens is 4. The number of phosphoric acid groups is 1. The molecule has 2 heterocycles. The second-order valence-corrected chi connectivity index (χ2v) is 8.74. The molecule has 2 rings (SSSR count). The van der Waals surface area contributed by atoms with Crippen molar-refractivity contribution in [1.82, 2.24) is 19.5 Å². The minimum atomic E-state index is -4.68. The summed E-state index contributed by atoms with van der Waals surface area (Å²) in [5, 5.41) is 2.89. The average molecular weight is 436 g/mol. The summed E-state index contributed by atoms with van der Waals surface area (Å²) in [5.74, 6) is -0.564. The Morgan fingerprint density at radius 3 is 2.61 bits per heavy atom. The summed E-state index contributed by atoms with van der Waals surface area (Å²) in [6.07, 6.45) is 1.49. The van der Waals surface area contributed by atoms with Crippen LogP contribution in [0.2, 0.25) is 5.28 Å². The Morgan fingerprint density at radius 2 is 2.04 bits per heavy atom. The largest absolute Gasteiger partial charge is 0.469 e. The van der Waals surface area contributed by atoms with E-state index in [-0.39, 0.29) is 25.0 Å². The predicted octanol–water partition coefficient (Wildman–Crippen LogP) is 1.84. The van der Waals surface area contributed by atoms with Crippen LogP contribution < -0.4 is 5.32 Å². The number of carbonyl (C=O) groups is 1. The number of anilines is 1. The molecule has 0 amide bonds. The maximum absolute atomic E-state index is 12.0. The van der Waals surface area contributed by atoms with Crippen LogP contribution in [0, 0.1) is 11.3 Å². The molecule has 2 aromatic heterocycles. The molecule has 0 aromatic carbocycles. The SMILES string of the molecule is CNc1nc(Cl)nc2c1ncn2CC(COC(=O)C(C)(C)C)COP(=O)(O)O. The van der Waals surface area contributed by atoms with Gasteiger partial charge in [-0.2, -0.15) is 9.97 Å². The smallest absolute Gasteiger partial charge is 0.465 e. The van der Waals surface area contributed by atoms with Gasteiger partial charge >= 0.3 is 13.8 Å². The minimum absolute atomic E-state index is 0.0146. The third-order valence-corrected chi connectivity index (χ3v) is 4.32. The maximum atomic E-state index is 12.0. The minimum Gasteiger partial charge on any atom is -0.465 e. The van der Waals surface area contributed by atoms with Crippen LogP contribution in [0.25, 0.3) is 11.2 Å². The number of nitrogens with one attached hydrogen (secondary N) is 1. The second kappa shape index (κ2) is 8.71. The molecule has 0 spiro atoms. The van der Waals surface area contributed by atoms with Gasteiger partial charge in [0.15, 0.2) is 17.0 Å². The fraction of sp³-hybridized carbons (Fsp3) is 0.600. The van der Waals surface area contributed by atoms with Gasteiger partial charge in [0.2, 0.25) is 5.28 Å². The number of rotatable bonds is 8. The van der Waals surface area contributed by atoms with Crippen molar-refractivity contribution in [2.75, 3.05) is 25.6 Å². The lowest BCUT2D eigenvalue weighted by molar-refractivity contribution is -0.154. The van der Waals surface area contributed by atoms with E-state index >= 15 is 0 Å². The lowest BCUT2D eigenvalue weighted by Crippen LogP contribution is -2.28. The number of phosphoric ester groups is 1. The van der Waals surface area contributed by atoms with E-state index in [1.807, 2.05) is 0 Å². The number of esters is 1. The van der Waals surface area contributed by atoms with E-state index < -0.39 is 25.1 Å². The fourth-order valence-corrected chi connectivity index (χ4v) is 2.84. The van der Waals surface area contributed by atoms with Crippen LogP contribution in [-0.2, 0) is 25.2 Å². The molecular weight excluding hydrogens is 413 g/mol. The number of hydrogen-bond acceptors (Lipinski definition) is 8. The van der Waals surface area contributed by atoms with Gasteiger partial charge in [-0.3, -0.25) is 9.32 Å². The molecule has 28 heavy (non-hydrogen) atoms. The van der Waals surface area contributed by atoms with Crippen molar-refractivity contribution in [3.05, 3.63) is 11.6 Å². The number of hydrogen-bond donors (Lipinski definition) is 3. The van der Waals surface area contributed by atoms with Crippen molar-refractivity contribution >= 4 is 42.4 Å². The van der Waals surface area contributed by atoms with E-state index in [9.17, 15) is 9.36 Å². The molecule has 0 aliphatic rings. The van der Waals surface area contributed by atoms with Crippen molar-refractivity contribution in [2.45, 2.75) is 27.3 Å². The molecule has 0 fully saturated rings. The maximum Gasteiger partial charge on any atom is 0.469 e. The summed E-state index contributed by atoms with van der Waals surface area (Å²) in [4.78, 5) is 42.4.